The number of rotatable bonds is 2. The van der Waals surface area contributed by atoms with Gasteiger partial charge in [0.1, 0.15) is 0 Å². The molecule has 0 aliphatic rings. The van der Waals surface area contributed by atoms with Gasteiger partial charge in [0.2, 0.25) is 0 Å². The maximum atomic E-state index is 5.67. The normalized spacial score (nSPS) is 12.2. The highest BCUT2D eigenvalue weighted by atomic mass is 35.8. The lowest BCUT2D eigenvalue weighted by Gasteiger charge is -1.98. The van der Waals surface area contributed by atoms with Crippen molar-refractivity contribution in [2.75, 3.05) is 0 Å². The van der Waals surface area contributed by atoms with Crippen LogP contribution >= 0.6 is 33.2 Å². The van der Waals surface area contributed by atoms with E-state index in [1.54, 1.807) is 5.70 Å². The lowest BCUT2D eigenvalue weighted by atomic mass is 10.2. The highest BCUT2D eigenvalue weighted by molar-refractivity contribution is 7.66. The van der Waals surface area contributed by atoms with Crippen LogP contribution in [0.5, 0.6) is 0 Å². The van der Waals surface area contributed by atoms with Crippen LogP contribution in [0.1, 0.15) is 5.56 Å². The van der Waals surface area contributed by atoms with E-state index in [-0.39, 0.29) is 0 Å². The van der Waals surface area contributed by atoms with Crippen LogP contribution < -0.4 is 0 Å². The van der Waals surface area contributed by atoms with Gasteiger partial charge in [0.05, 0.1) is 0 Å². The smallest absolute Gasteiger partial charge is 0.121 e. The molecule has 0 atom stereocenters. The van der Waals surface area contributed by atoms with Crippen LogP contribution in [0, 0.1) is 0 Å². The first kappa shape index (κ1) is 10.1. The summed E-state index contributed by atoms with van der Waals surface area (Å²) in [5.41, 5.74) is 2.71. The van der Waals surface area contributed by atoms with Gasteiger partial charge in [0.25, 0.3) is 0 Å². The van der Waals surface area contributed by atoms with Gasteiger partial charge in [-0.15, -0.1) is 33.2 Å². The van der Waals surface area contributed by atoms with E-state index in [9.17, 15) is 0 Å². The summed E-state index contributed by atoms with van der Waals surface area (Å²) in [5, 5.41) is 0. The summed E-state index contributed by atoms with van der Waals surface area (Å²) in [5.74, 6) is 0. The van der Waals surface area contributed by atoms with Gasteiger partial charge >= 0.3 is 6.00 Å². The van der Waals surface area contributed by atoms with Gasteiger partial charge in [-0.3, -0.25) is 0 Å². The summed E-state index contributed by atoms with van der Waals surface area (Å²) in [4.78, 5) is 0. The van der Waals surface area contributed by atoms with E-state index in [0.717, 1.165) is 5.56 Å². The third-order valence-corrected chi connectivity index (χ3v) is 2.94. The van der Waals surface area contributed by atoms with Crippen molar-refractivity contribution < 1.29 is 0 Å². The first-order valence-electron chi connectivity index (χ1n) is 3.39. The Hall–Kier alpha value is 0.0469. The van der Waals surface area contributed by atoms with Crippen molar-refractivity contribution in [2.24, 2.45) is 0 Å². The Bertz CT molecular complexity index is 263. The van der Waals surface area contributed by atoms with Crippen LogP contribution in [-0.4, -0.2) is 6.00 Å². The molecule has 0 N–H and O–H groups in total. The molecule has 0 aromatic heterocycles. The van der Waals surface area contributed by atoms with Gasteiger partial charge < -0.3 is 0 Å². The van der Waals surface area contributed by atoms with Crippen LogP contribution in [0.4, 0.5) is 0 Å². The molecule has 0 saturated carbocycles. The molecule has 0 unspecified atom stereocenters. The highest BCUT2D eigenvalue weighted by Gasteiger charge is 2.19. The van der Waals surface area contributed by atoms with Gasteiger partial charge in [-0.05, 0) is 5.56 Å². The second-order valence-corrected chi connectivity index (χ2v) is 10.8. The molecule has 0 aliphatic carbocycles. The van der Waals surface area contributed by atoms with Crippen LogP contribution in [0.2, 0.25) is 0 Å². The number of hydrogen-bond acceptors (Lipinski definition) is 0. The summed E-state index contributed by atoms with van der Waals surface area (Å²) in [6.07, 6.45) is 1.83. The topological polar surface area (TPSA) is 0 Å². The van der Waals surface area contributed by atoms with E-state index in [0.29, 0.717) is 0 Å². The first-order chi connectivity index (χ1) is 5.58. The third kappa shape index (κ3) is 4.17. The monoisotopic (exact) mass is 236 g/mol. The van der Waals surface area contributed by atoms with Gasteiger partial charge in [-0.2, -0.15) is 0 Å². The van der Waals surface area contributed by atoms with Crippen molar-refractivity contribution in [2.45, 2.75) is 0 Å². The van der Waals surface area contributed by atoms with Gasteiger partial charge in [0, 0.05) is 0 Å². The fraction of sp³-hybridized carbons (Fsp3) is 0. The van der Waals surface area contributed by atoms with E-state index in [4.69, 9.17) is 33.2 Å². The molecular formula is C8H7Cl3Si. The Morgan fingerprint density at radius 1 is 1.00 bits per heavy atom. The zero-order chi connectivity index (χ0) is 9.03. The van der Waals surface area contributed by atoms with E-state index < -0.39 is 6.00 Å². The Balaban J connectivity index is 2.71. The Labute approximate surface area is 86.9 Å². The van der Waals surface area contributed by atoms with Crippen LogP contribution in [-0.2, 0) is 0 Å². The predicted molar refractivity (Wildman–Crippen MR) is 58.8 cm³/mol. The summed E-state index contributed by atoms with van der Waals surface area (Å²) >= 11 is 17.0. The van der Waals surface area contributed by atoms with E-state index in [2.05, 4.69) is 0 Å². The fourth-order valence-corrected chi connectivity index (χ4v) is 1.70. The summed E-state index contributed by atoms with van der Waals surface area (Å²) in [6.45, 7) is 0. The van der Waals surface area contributed by atoms with Crippen LogP contribution in [0.3, 0.4) is 0 Å². The second-order valence-electron chi connectivity index (χ2n) is 2.29. The Morgan fingerprint density at radius 3 is 2.08 bits per heavy atom. The summed E-state index contributed by atoms with van der Waals surface area (Å²) < 4.78 is 0. The lowest BCUT2D eigenvalue weighted by molar-refractivity contribution is 1.66. The molecule has 64 valence electrons. The molecule has 0 nitrogen and oxygen atoms in total. The molecule has 0 amide bonds. The molecule has 0 saturated heterocycles. The molecule has 12 heavy (non-hydrogen) atoms. The Kier molecular flexibility index (Phi) is 3.66. The zero-order valence-electron chi connectivity index (χ0n) is 6.18. The van der Waals surface area contributed by atoms with Crippen LogP contribution in [0.15, 0.2) is 36.0 Å². The molecule has 0 fully saturated rings. The molecule has 1 rings (SSSR count). The summed E-state index contributed by atoms with van der Waals surface area (Å²) in [6, 6.07) is 7.15. The maximum absolute atomic E-state index is 5.67. The standard InChI is InChI=1S/C8H7Cl3Si/c9-12(10,11)7-6-8-4-2-1-3-5-8/h1-7H/b7-6-. The molecular weight excluding hydrogens is 231 g/mol. The average molecular weight is 238 g/mol. The van der Waals surface area contributed by atoms with E-state index >= 15 is 0 Å². The number of hydrogen-bond donors (Lipinski definition) is 0. The minimum absolute atomic E-state index is 1.05. The van der Waals surface area contributed by atoms with Crippen molar-refractivity contribution in [3.63, 3.8) is 0 Å². The Morgan fingerprint density at radius 2 is 1.58 bits per heavy atom. The number of halogens is 3. The SMILES string of the molecule is Cl[Si](Cl)(Cl)/C=C\c1ccccc1. The van der Waals surface area contributed by atoms with Crippen molar-refractivity contribution in [1.82, 2.24) is 0 Å². The van der Waals surface area contributed by atoms with E-state index in [1.807, 2.05) is 36.4 Å². The van der Waals surface area contributed by atoms with Crippen molar-refractivity contribution in [3.8, 4) is 0 Å². The fourth-order valence-electron chi connectivity index (χ4n) is 0.755. The molecule has 1 aromatic carbocycles. The lowest BCUT2D eigenvalue weighted by Crippen LogP contribution is -2.02. The predicted octanol–water partition coefficient (Wildman–Crippen LogP) is 3.89. The minimum atomic E-state index is -2.60. The molecule has 0 heterocycles. The summed E-state index contributed by atoms with van der Waals surface area (Å²) in [7, 11) is 0. The second kappa shape index (κ2) is 4.33. The van der Waals surface area contributed by atoms with Gasteiger partial charge in [-0.1, -0.05) is 42.1 Å². The molecule has 0 bridgehead atoms. The first-order valence-corrected chi connectivity index (χ1v) is 8.50. The van der Waals surface area contributed by atoms with Gasteiger partial charge in [0.15, 0.2) is 0 Å². The molecule has 4 heteroatoms. The average Bonchev–Trinajstić information content (AvgIpc) is 2.02. The number of benzene rings is 1. The maximum Gasteiger partial charge on any atom is 0.365 e. The molecule has 0 spiro atoms. The largest absolute Gasteiger partial charge is 0.365 e. The van der Waals surface area contributed by atoms with Crippen molar-refractivity contribution in [1.29, 1.82) is 0 Å². The molecule has 1 aromatic rings. The van der Waals surface area contributed by atoms with Crippen LogP contribution in [0.25, 0.3) is 6.08 Å². The minimum Gasteiger partial charge on any atom is -0.121 e. The highest BCUT2D eigenvalue weighted by Crippen LogP contribution is 2.22. The third-order valence-electron chi connectivity index (χ3n) is 1.26. The zero-order valence-corrected chi connectivity index (χ0v) is 9.44. The van der Waals surface area contributed by atoms with Crippen molar-refractivity contribution >= 4 is 45.3 Å². The molecule has 0 radical (unpaired) electrons. The quantitative estimate of drug-likeness (QED) is 0.541. The van der Waals surface area contributed by atoms with E-state index in [1.165, 1.54) is 0 Å². The van der Waals surface area contributed by atoms with Gasteiger partial charge in [-0.25, -0.2) is 0 Å². The van der Waals surface area contributed by atoms with Crippen molar-refractivity contribution in [3.05, 3.63) is 41.6 Å². The molecule has 0 aliphatic heterocycles.